The fourth-order valence-corrected chi connectivity index (χ4v) is 4.41. The molecule has 1 aromatic rings. The number of hydrogen-bond donors (Lipinski definition) is 0. The van der Waals surface area contributed by atoms with E-state index in [2.05, 4.69) is 38.5 Å². The van der Waals surface area contributed by atoms with E-state index in [1.54, 1.807) is 0 Å². The molecule has 164 valence electrons. The monoisotopic (exact) mass is 390 g/mol. The van der Waals surface area contributed by atoms with Gasteiger partial charge in [0.15, 0.2) is 0 Å². The van der Waals surface area contributed by atoms with Gasteiger partial charge in [0.2, 0.25) is 0 Å². The SMILES string of the molecule is CCCCCCCCCCCCCC(CC)c1nccn1C(C)CCCCC. The first-order valence-electron chi connectivity index (χ1n) is 12.8. The number of unbranched alkanes of at least 4 members (excludes halogenated alkanes) is 12. The van der Waals surface area contributed by atoms with Crippen LogP contribution in [0.5, 0.6) is 0 Å². The first-order valence-corrected chi connectivity index (χ1v) is 12.8. The summed E-state index contributed by atoms with van der Waals surface area (Å²) in [6.07, 6.45) is 27.7. The molecule has 0 aromatic carbocycles. The van der Waals surface area contributed by atoms with Gasteiger partial charge in [-0.25, -0.2) is 4.98 Å². The van der Waals surface area contributed by atoms with Gasteiger partial charge in [-0.05, 0) is 26.2 Å². The highest BCUT2D eigenvalue weighted by molar-refractivity contribution is 5.02. The molecule has 2 heteroatoms. The molecule has 2 unspecified atom stereocenters. The molecule has 0 fully saturated rings. The summed E-state index contributed by atoms with van der Waals surface area (Å²) in [7, 11) is 0. The van der Waals surface area contributed by atoms with Crippen LogP contribution in [0.15, 0.2) is 12.4 Å². The molecule has 0 spiro atoms. The van der Waals surface area contributed by atoms with E-state index in [0.29, 0.717) is 12.0 Å². The third-order valence-electron chi connectivity index (χ3n) is 6.41. The Hall–Kier alpha value is -0.790. The molecule has 0 amide bonds. The highest BCUT2D eigenvalue weighted by Crippen LogP contribution is 2.28. The lowest BCUT2D eigenvalue weighted by molar-refractivity contribution is 0.429. The molecule has 0 radical (unpaired) electrons. The highest BCUT2D eigenvalue weighted by Gasteiger charge is 2.17. The zero-order chi connectivity index (χ0) is 20.5. The van der Waals surface area contributed by atoms with E-state index in [4.69, 9.17) is 4.98 Å². The third-order valence-corrected chi connectivity index (χ3v) is 6.41. The van der Waals surface area contributed by atoms with Gasteiger partial charge in [-0.15, -0.1) is 0 Å². The Morgan fingerprint density at radius 1 is 0.714 bits per heavy atom. The predicted molar refractivity (Wildman–Crippen MR) is 125 cm³/mol. The van der Waals surface area contributed by atoms with Crippen LogP contribution in [0.2, 0.25) is 0 Å². The van der Waals surface area contributed by atoms with Crippen molar-refractivity contribution in [1.29, 1.82) is 0 Å². The molecule has 0 aliphatic heterocycles. The van der Waals surface area contributed by atoms with Crippen LogP contribution in [0.1, 0.15) is 155 Å². The molecule has 2 nitrogen and oxygen atoms in total. The van der Waals surface area contributed by atoms with Crippen molar-refractivity contribution in [2.75, 3.05) is 0 Å². The molecule has 0 aliphatic carbocycles. The van der Waals surface area contributed by atoms with Crippen molar-refractivity contribution in [2.24, 2.45) is 0 Å². The normalized spacial score (nSPS) is 13.7. The van der Waals surface area contributed by atoms with E-state index < -0.39 is 0 Å². The molecule has 0 saturated heterocycles. The van der Waals surface area contributed by atoms with E-state index in [-0.39, 0.29) is 0 Å². The van der Waals surface area contributed by atoms with E-state index in [1.165, 1.54) is 115 Å². The zero-order valence-corrected chi connectivity index (χ0v) is 19.7. The van der Waals surface area contributed by atoms with Crippen LogP contribution in [0.25, 0.3) is 0 Å². The van der Waals surface area contributed by atoms with Crippen molar-refractivity contribution in [2.45, 2.75) is 149 Å². The Labute approximate surface area is 176 Å². The molecule has 2 atom stereocenters. The smallest absolute Gasteiger partial charge is 0.111 e. The molecule has 28 heavy (non-hydrogen) atoms. The largest absolute Gasteiger partial charge is 0.332 e. The lowest BCUT2D eigenvalue weighted by Gasteiger charge is -2.21. The van der Waals surface area contributed by atoms with Crippen LogP contribution in [-0.2, 0) is 0 Å². The molecule has 0 aliphatic rings. The van der Waals surface area contributed by atoms with Gasteiger partial charge < -0.3 is 4.57 Å². The van der Waals surface area contributed by atoms with E-state index in [9.17, 15) is 0 Å². The van der Waals surface area contributed by atoms with E-state index in [1.807, 2.05) is 6.20 Å². The fourth-order valence-electron chi connectivity index (χ4n) is 4.41. The topological polar surface area (TPSA) is 17.8 Å². The minimum Gasteiger partial charge on any atom is -0.332 e. The second-order valence-electron chi connectivity index (χ2n) is 8.97. The zero-order valence-electron chi connectivity index (χ0n) is 19.7. The second-order valence-corrected chi connectivity index (χ2v) is 8.97. The lowest BCUT2D eigenvalue weighted by Crippen LogP contribution is -2.12. The number of imidazole rings is 1. The number of nitrogens with zero attached hydrogens (tertiary/aromatic N) is 2. The Kier molecular flexibility index (Phi) is 15.4. The van der Waals surface area contributed by atoms with Gasteiger partial charge in [0.25, 0.3) is 0 Å². The number of hydrogen-bond acceptors (Lipinski definition) is 1. The van der Waals surface area contributed by atoms with E-state index >= 15 is 0 Å². The molecule has 0 bridgehead atoms. The van der Waals surface area contributed by atoms with Crippen LogP contribution in [0, 0.1) is 0 Å². The van der Waals surface area contributed by atoms with Crippen LogP contribution in [-0.4, -0.2) is 9.55 Å². The van der Waals surface area contributed by atoms with Crippen molar-refractivity contribution in [3.63, 3.8) is 0 Å². The minimum atomic E-state index is 0.593. The number of rotatable bonds is 19. The maximum atomic E-state index is 4.77. The summed E-state index contributed by atoms with van der Waals surface area (Å²) < 4.78 is 2.47. The lowest BCUT2D eigenvalue weighted by atomic mass is 9.96. The predicted octanol–water partition coefficient (Wildman–Crippen LogP) is 9.22. The second kappa shape index (κ2) is 17.1. The summed E-state index contributed by atoms with van der Waals surface area (Å²) in [5, 5.41) is 0. The average Bonchev–Trinajstić information content (AvgIpc) is 3.19. The Morgan fingerprint density at radius 2 is 1.21 bits per heavy atom. The first kappa shape index (κ1) is 25.2. The summed E-state index contributed by atoms with van der Waals surface area (Å²) in [5.74, 6) is 1.99. The molecule has 0 N–H and O–H groups in total. The van der Waals surface area contributed by atoms with Crippen molar-refractivity contribution < 1.29 is 0 Å². The minimum absolute atomic E-state index is 0.593. The molecular weight excluding hydrogens is 340 g/mol. The summed E-state index contributed by atoms with van der Waals surface area (Å²) >= 11 is 0. The van der Waals surface area contributed by atoms with Gasteiger partial charge >= 0.3 is 0 Å². The quantitative estimate of drug-likeness (QED) is 0.215. The molecule has 0 saturated carbocycles. The summed E-state index contributed by atoms with van der Waals surface area (Å²) in [4.78, 5) is 4.77. The summed E-state index contributed by atoms with van der Waals surface area (Å²) in [5.41, 5.74) is 0. The van der Waals surface area contributed by atoms with Crippen LogP contribution in [0.4, 0.5) is 0 Å². The van der Waals surface area contributed by atoms with Crippen molar-refractivity contribution in [1.82, 2.24) is 9.55 Å². The van der Waals surface area contributed by atoms with Crippen LogP contribution in [0.3, 0.4) is 0 Å². The van der Waals surface area contributed by atoms with Gasteiger partial charge in [0, 0.05) is 24.4 Å². The number of aromatic nitrogens is 2. The van der Waals surface area contributed by atoms with Crippen molar-refractivity contribution >= 4 is 0 Å². The summed E-state index contributed by atoms with van der Waals surface area (Å²) in [6, 6.07) is 0.593. The van der Waals surface area contributed by atoms with Gasteiger partial charge in [-0.1, -0.05) is 111 Å². The molecular formula is C26H50N2. The van der Waals surface area contributed by atoms with Gasteiger partial charge in [-0.3, -0.25) is 0 Å². The first-order chi connectivity index (χ1) is 13.7. The Balaban J connectivity index is 2.20. The van der Waals surface area contributed by atoms with Crippen LogP contribution < -0.4 is 0 Å². The maximum absolute atomic E-state index is 4.77. The molecule has 1 heterocycles. The van der Waals surface area contributed by atoms with Gasteiger partial charge in [0.1, 0.15) is 5.82 Å². The van der Waals surface area contributed by atoms with Crippen LogP contribution >= 0.6 is 0 Å². The third kappa shape index (κ3) is 10.7. The van der Waals surface area contributed by atoms with E-state index in [0.717, 1.165) is 0 Å². The fraction of sp³-hybridized carbons (Fsp3) is 0.885. The van der Waals surface area contributed by atoms with Crippen molar-refractivity contribution in [3.8, 4) is 0 Å². The van der Waals surface area contributed by atoms with Crippen molar-refractivity contribution in [3.05, 3.63) is 18.2 Å². The highest BCUT2D eigenvalue weighted by atomic mass is 15.1. The average molecular weight is 391 g/mol. The standard InChI is InChI=1S/C26H50N2/c1-5-8-10-11-12-13-14-15-16-17-19-21-25(7-3)26-27-22-23-28(26)24(4)20-18-9-6-2/h22-25H,5-21H2,1-4H3. The van der Waals surface area contributed by atoms with Gasteiger partial charge in [0.05, 0.1) is 0 Å². The Morgan fingerprint density at radius 3 is 1.79 bits per heavy atom. The Bertz CT molecular complexity index is 451. The molecule has 1 rings (SSSR count). The molecule has 1 aromatic heterocycles. The maximum Gasteiger partial charge on any atom is 0.111 e. The van der Waals surface area contributed by atoms with Gasteiger partial charge in [-0.2, -0.15) is 0 Å². The summed E-state index contributed by atoms with van der Waals surface area (Å²) in [6.45, 7) is 9.29.